The Morgan fingerprint density at radius 3 is 2.46 bits per heavy atom. The number of pyridine rings is 1. The first-order valence-electron chi connectivity index (χ1n) is 7.91. The van der Waals surface area contributed by atoms with Crippen molar-refractivity contribution in [1.82, 2.24) is 4.98 Å². The summed E-state index contributed by atoms with van der Waals surface area (Å²) < 4.78 is 50.4. The van der Waals surface area contributed by atoms with E-state index < -0.39 is 33.1 Å². The Hall–Kier alpha value is -2.55. The van der Waals surface area contributed by atoms with Crippen LogP contribution in [-0.2, 0) is 9.84 Å². The number of nitrogens with zero attached hydrogens (tertiary/aromatic N) is 2. The molecule has 1 amide bonds. The second-order valence-corrected chi connectivity index (χ2v) is 8.35. The predicted molar refractivity (Wildman–Crippen MR) is 94.0 cm³/mol. The number of hydrogen-bond donors (Lipinski definition) is 1. The van der Waals surface area contributed by atoms with Gasteiger partial charge in [0.25, 0.3) is 5.91 Å². The molecule has 0 radical (unpaired) electrons. The lowest BCUT2D eigenvalue weighted by molar-refractivity contribution is 0.102. The van der Waals surface area contributed by atoms with Gasteiger partial charge in [-0.05, 0) is 30.7 Å². The van der Waals surface area contributed by atoms with Crippen LogP contribution in [0.3, 0.4) is 0 Å². The first-order chi connectivity index (χ1) is 12.3. The molecule has 1 aromatic heterocycles. The normalized spacial score (nSPS) is 18.5. The van der Waals surface area contributed by atoms with Crippen LogP contribution < -0.4 is 10.2 Å². The predicted octanol–water partition coefficient (Wildman–Crippen LogP) is 2.24. The van der Waals surface area contributed by atoms with Gasteiger partial charge in [0.15, 0.2) is 9.84 Å². The molecule has 0 saturated carbocycles. The fourth-order valence-corrected chi connectivity index (χ4v) is 4.57. The van der Waals surface area contributed by atoms with Gasteiger partial charge in [-0.25, -0.2) is 22.2 Å². The van der Waals surface area contributed by atoms with Crippen molar-refractivity contribution < 1.29 is 22.0 Å². The van der Waals surface area contributed by atoms with Gasteiger partial charge in [-0.2, -0.15) is 0 Å². The minimum atomic E-state index is -3.02. The number of halogens is 2. The van der Waals surface area contributed by atoms with E-state index in [-0.39, 0.29) is 23.1 Å². The molecule has 1 aliphatic rings. The number of nitrogens with one attached hydrogen (secondary N) is 1. The number of carbonyl (C=O) groups excluding carboxylic acids is 1. The molecule has 2 aromatic rings. The molecule has 138 valence electrons. The third kappa shape index (κ3) is 3.82. The Balaban J connectivity index is 1.72. The molecule has 0 bridgehead atoms. The van der Waals surface area contributed by atoms with Crippen molar-refractivity contribution in [3.63, 3.8) is 0 Å². The fraction of sp³-hybridized carbons (Fsp3) is 0.294. The summed E-state index contributed by atoms with van der Waals surface area (Å²) >= 11 is 0. The van der Waals surface area contributed by atoms with E-state index in [1.807, 2.05) is 0 Å². The van der Waals surface area contributed by atoms with E-state index >= 15 is 0 Å². The molecular formula is C17H17F2N3O3S. The van der Waals surface area contributed by atoms with E-state index in [0.717, 1.165) is 12.1 Å². The van der Waals surface area contributed by atoms with Gasteiger partial charge in [0.2, 0.25) is 0 Å². The quantitative estimate of drug-likeness (QED) is 0.879. The fourth-order valence-electron chi connectivity index (χ4n) is 2.80. The lowest BCUT2D eigenvalue weighted by Crippen LogP contribution is -2.33. The first-order valence-corrected chi connectivity index (χ1v) is 9.73. The Morgan fingerprint density at radius 1 is 1.23 bits per heavy atom. The molecule has 1 fully saturated rings. The molecule has 1 saturated heterocycles. The Labute approximate surface area is 149 Å². The number of sulfone groups is 1. The number of carbonyl (C=O) groups is 1. The molecule has 3 rings (SSSR count). The number of rotatable bonds is 4. The van der Waals surface area contributed by atoms with Gasteiger partial charge in [0.05, 0.1) is 17.1 Å². The van der Waals surface area contributed by atoms with Crippen LogP contribution in [0.15, 0.2) is 36.5 Å². The zero-order valence-electron chi connectivity index (χ0n) is 13.9. The molecule has 1 aromatic carbocycles. The SMILES string of the molecule is CN(c1ccc(C(=O)Nc2c(F)cccc2F)cn1)C1CCS(=O)(=O)C1. The van der Waals surface area contributed by atoms with E-state index in [9.17, 15) is 22.0 Å². The summed E-state index contributed by atoms with van der Waals surface area (Å²) in [6, 6.07) is 6.17. The highest BCUT2D eigenvalue weighted by molar-refractivity contribution is 7.91. The highest BCUT2D eigenvalue weighted by Crippen LogP contribution is 2.22. The Kier molecular flexibility index (Phi) is 4.90. The van der Waals surface area contributed by atoms with Crippen molar-refractivity contribution in [3.05, 3.63) is 53.7 Å². The van der Waals surface area contributed by atoms with Crippen molar-refractivity contribution >= 4 is 27.2 Å². The van der Waals surface area contributed by atoms with E-state index in [0.29, 0.717) is 12.2 Å². The van der Waals surface area contributed by atoms with Gasteiger partial charge >= 0.3 is 0 Å². The summed E-state index contributed by atoms with van der Waals surface area (Å²) in [5.74, 6) is -1.70. The van der Waals surface area contributed by atoms with E-state index in [1.165, 1.54) is 18.3 Å². The Bertz CT molecular complexity index is 913. The van der Waals surface area contributed by atoms with E-state index in [4.69, 9.17) is 0 Å². The summed E-state index contributed by atoms with van der Waals surface area (Å²) in [6.07, 6.45) is 1.80. The van der Waals surface area contributed by atoms with Gasteiger partial charge in [0, 0.05) is 19.3 Å². The van der Waals surface area contributed by atoms with Crippen molar-refractivity contribution in [2.45, 2.75) is 12.5 Å². The standard InChI is InChI=1S/C17H17F2N3O3S/c1-22(12-7-8-26(24,25)10-12)15-6-5-11(9-20-15)17(23)21-16-13(18)3-2-4-14(16)19/h2-6,9,12H,7-8,10H2,1H3,(H,21,23). The maximum absolute atomic E-state index is 13.6. The van der Waals surface area contributed by atoms with Gasteiger partial charge in [-0.1, -0.05) is 6.07 Å². The summed E-state index contributed by atoms with van der Waals surface area (Å²) in [4.78, 5) is 18.1. The summed E-state index contributed by atoms with van der Waals surface area (Å²) in [7, 11) is -1.28. The minimum Gasteiger partial charge on any atom is -0.356 e. The minimum absolute atomic E-state index is 0.0694. The van der Waals surface area contributed by atoms with Crippen LogP contribution in [0.25, 0.3) is 0 Å². The molecule has 26 heavy (non-hydrogen) atoms. The lowest BCUT2D eigenvalue weighted by atomic mass is 10.2. The second kappa shape index (κ2) is 6.99. The van der Waals surface area contributed by atoms with Crippen LogP contribution in [-0.4, -0.2) is 43.9 Å². The second-order valence-electron chi connectivity index (χ2n) is 6.12. The van der Waals surface area contributed by atoms with Crippen molar-refractivity contribution in [2.24, 2.45) is 0 Å². The molecule has 1 atom stereocenters. The molecular weight excluding hydrogens is 364 g/mol. The molecule has 2 heterocycles. The molecule has 1 N–H and O–H groups in total. The van der Waals surface area contributed by atoms with Crippen LogP contribution >= 0.6 is 0 Å². The summed E-state index contributed by atoms with van der Waals surface area (Å²) in [5, 5.41) is 2.19. The molecule has 0 spiro atoms. The molecule has 1 unspecified atom stereocenters. The number of para-hydroxylation sites is 1. The van der Waals surface area contributed by atoms with Crippen molar-refractivity contribution in [3.8, 4) is 0 Å². The Morgan fingerprint density at radius 2 is 1.92 bits per heavy atom. The topological polar surface area (TPSA) is 79.4 Å². The maximum atomic E-state index is 13.6. The largest absolute Gasteiger partial charge is 0.356 e. The summed E-state index contributed by atoms with van der Waals surface area (Å²) in [5.41, 5.74) is -0.390. The highest BCUT2D eigenvalue weighted by Gasteiger charge is 2.31. The third-order valence-electron chi connectivity index (χ3n) is 4.33. The van der Waals surface area contributed by atoms with Gasteiger partial charge in [-0.15, -0.1) is 0 Å². The molecule has 6 nitrogen and oxygen atoms in total. The lowest BCUT2D eigenvalue weighted by Gasteiger charge is -2.24. The number of anilines is 2. The van der Waals surface area contributed by atoms with Crippen LogP contribution in [0.2, 0.25) is 0 Å². The average Bonchev–Trinajstić information content (AvgIpc) is 2.97. The van der Waals surface area contributed by atoms with Crippen molar-refractivity contribution in [1.29, 1.82) is 0 Å². The van der Waals surface area contributed by atoms with E-state index in [1.54, 1.807) is 18.0 Å². The number of benzene rings is 1. The number of hydrogen-bond acceptors (Lipinski definition) is 5. The van der Waals surface area contributed by atoms with Crippen LogP contribution in [0.5, 0.6) is 0 Å². The van der Waals surface area contributed by atoms with Crippen LogP contribution in [0, 0.1) is 11.6 Å². The molecule has 1 aliphatic heterocycles. The summed E-state index contributed by atoms with van der Waals surface area (Å²) in [6.45, 7) is 0. The average molecular weight is 381 g/mol. The smallest absolute Gasteiger partial charge is 0.257 e. The number of amides is 1. The van der Waals surface area contributed by atoms with Gasteiger partial charge in [0.1, 0.15) is 23.1 Å². The van der Waals surface area contributed by atoms with E-state index in [2.05, 4.69) is 10.3 Å². The first kappa shape index (κ1) is 18.2. The zero-order valence-corrected chi connectivity index (χ0v) is 14.8. The molecule has 0 aliphatic carbocycles. The van der Waals surface area contributed by atoms with Crippen LogP contribution in [0.1, 0.15) is 16.8 Å². The zero-order chi connectivity index (χ0) is 18.9. The van der Waals surface area contributed by atoms with Crippen molar-refractivity contribution in [2.75, 3.05) is 28.8 Å². The number of aromatic nitrogens is 1. The third-order valence-corrected chi connectivity index (χ3v) is 6.08. The molecule has 9 heteroatoms. The highest BCUT2D eigenvalue weighted by atomic mass is 32.2. The van der Waals surface area contributed by atoms with Crippen LogP contribution in [0.4, 0.5) is 20.3 Å². The van der Waals surface area contributed by atoms with Gasteiger partial charge < -0.3 is 10.2 Å². The monoisotopic (exact) mass is 381 g/mol. The van der Waals surface area contributed by atoms with Gasteiger partial charge in [-0.3, -0.25) is 4.79 Å². The maximum Gasteiger partial charge on any atom is 0.257 e.